The molecule has 2 heterocycles. The molecule has 2 aliphatic rings. The van der Waals surface area contributed by atoms with Crippen LogP contribution in [0.3, 0.4) is 0 Å². The topological polar surface area (TPSA) is 82.8 Å². The Morgan fingerprint density at radius 3 is 2.44 bits per heavy atom. The number of rotatable bonds is 9. The molecular weight excluding hydrogens is 641 g/mol. The number of ether oxygens (including phenoxy) is 2. The molecule has 1 aliphatic carbocycles. The van der Waals surface area contributed by atoms with E-state index in [1.165, 1.54) is 17.7 Å². The summed E-state index contributed by atoms with van der Waals surface area (Å²) in [5.74, 6) is 0.00559. The number of Topliss-reactive ketones (excluding diaryl/α,β-unsaturated/α-hetero) is 1. The fourth-order valence-electron chi connectivity index (χ4n) is 5.25. The lowest BCUT2D eigenvalue weighted by molar-refractivity contribution is 0.0707. The van der Waals surface area contributed by atoms with E-state index in [0.717, 1.165) is 12.8 Å². The maximum Gasteiger partial charge on any atom is 0.333 e. The molecule has 1 fully saturated rings. The van der Waals surface area contributed by atoms with Crippen LogP contribution in [0, 0.1) is 5.82 Å². The van der Waals surface area contributed by atoms with Crippen LogP contribution in [0.15, 0.2) is 69.9 Å². The Hall–Kier alpha value is -3.89. The van der Waals surface area contributed by atoms with Crippen molar-refractivity contribution in [3.63, 3.8) is 0 Å². The smallest absolute Gasteiger partial charge is 0.333 e. The van der Waals surface area contributed by atoms with Crippen molar-refractivity contribution in [3.8, 4) is 17.2 Å². The van der Waals surface area contributed by atoms with Crippen LogP contribution in [-0.2, 0) is 19.5 Å². The van der Waals surface area contributed by atoms with E-state index in [9.17, 15) is 18.8 Å². The van der Waals surface area contributed by atoms with E-state index in [2.05, 4.69) is 15.9 Å². The number of nitrogens with zero attached hydrogens (tertiary/aromatic N) is 3. The van der Waals surface area contributed by atoms with Gasteiger partial charge in [-0.2, -0.15) is 0 Å². The van der Waals surface area contributed by atoms with E-state index in [4.69, 9.17) is 21.1 Å². The molecule has 3 aromatic carbocycles. The molecule has 6 rings (SSSR count). The van der Waals surface area contributed by atoms with Gasteiger partial charge in [0.1, 0.15) is 23.0 Å². The number of halogens is 3. The molecular formula is C32H28BrClFN3O5. The minimum absolute atomic E-state index is 0.0428. The third-order valence-corrected chi connectivity index (χ3v) is 8.93. The first-order valence-corrected chi connectivity index (χ1v) is 15.1. The lowest BCUT2D eigenvalue weighted by atomic mass is 10.0. The zero-order valence-electron chi connectivity index (χ0n) is 23.3. The van der Waals surface area contributed by atoms with Gasteiger partial charge in [-0.25, -0.2) is 9.18 Å². The summed E-state index contributed by atoms with van der Waals surface area (Å²) in [6.45, 7) is 0.547. The lowest BCUT2D eigenvalue weighted by Gasteiger charge is -2.28. The first-order valence-electron chi connectivity index (χ1n) is 13.9. The molecule has 1 amide bonds. The van der Waals surface area contributed by atoms with E-state index in [-0.39, 0.29) is 61.7 Å². The van der Waals surface area contributed by atoms with E-state index < -0.39 is 5.82 Å². The number of fused-ring (bicyclic) bond motifs is 1. The minimum Gasteiger partial charge on any atom is -0.497 e. The Morgan fingerprint density at radius 2 is 1.77 bits per heavy atom. The number of hydrogen-bond donors (Lipinski definition) is 0. The monoisotopic (exact) mass is 667 g/mol. The van der Waals surface area contributed by atoms with Gasteiger partial charge in [0.25, 0.3) is 5.91 Å². The van der Waals surface area contributed by atoms with Crippen molar-refractivity contribution in [1.29, 1.82) is 0 Å². The molecule has 0 radical (unpaired) electrons. The van der Waals surface area contributed by atoms with Crippen molar-refractivity contribution in [2.24, 2.45) is 0 Å². The highest BCUT2D eigenvalue weighted by atomic mass is 79.9. The predicted octanol–water partition coefficient (Wildman–Crippen LogP) is 6.22. The van der Waals surface area contributed by atoms with Crippen LogP contribution in [0.1, 0.15) is 51.4 Å². The molecule has 43 heavy (non-hydrogen) atoms. The van der Waals surface area contributed by atoms with E-state index >= 15 is 0 Å². The van der Waals surface area contributed by atoms with E-state index in [1.54, 1.807) is 64.1 Å². The Bertz CT molecular complexity index is 1780. The minimum atomic E-state index is -0.473. The van der Waals surface area contributed by atoms with Crippen LogP contribution < -0.4 is 15.2 Å². The molecule has 0 atom stereocenters. The fraction of sp³-hybridized carbons (Fsp3) is 0.281. The SMILES string of the molecule is COc1ccc(CCC(=O)c2c3n(c(=O)n2-c2ccc(OC4CC4)cc2)CCN(C(=O)c2ccc(Br)c(Cl)c2)C3)c(F)c1. The predicted molar refractivity (Wildman–Crippen MR) is 163 cm³/mol. The van der Waals surface area contributed by atoms with Gasteiger partial charge in [-0.1, -0.05) is 17.7 Å². The van der Waals surface area contributed by atoms with Crippen molar-refractivity contribution in [2.45, 2.75) is 44.9 Å². The van der Waals surface area contributed by atoms with Crippen LogP contribution in [0.4, 0.5) is 4.39 Å². The molecule has 0 saturated heterocycles. The number of ketones is 1. The molecule has 1 aliphatic heterocycles. The molecule has 0 unspecified atom stereocenters. The van der Waals surface area contributed by atoms with Gasteiger partial charge in [-0.3, -0.25) is 18.7 Å². The highest BCUT2D eigenvalue weighted by molar-refractivity contribution is 9.10. The lowest BCUT2D eigenvalue weighted by Crippen LogP contribution is -2.41. The summed E-state index contributed by atoms with van der Waals surface area (Å²) < 4.78 is 29.2. The molecule has 8 nitrogen and oxygen atoms in total. The van der Waals surface area contributed by atoms with E-state index in [0.29, 0.717) is 43.5 Å². The van der Waals surface area contributed by atoms with Crippen molar-refractivity contribution in [1.82, 2.24) is 14.0 Å². The van der Waals surface area contributed by atoms with Gasteiger partial charge in [-0.15, -0.1) is 0 Å². The molecule has 4 aromatic rings. The van der Waals surface area contributed by atoms with Gasteiger partial charge in [0.15, 0.2) is 5.78 Å². The number of aromatic nitrogens is 2. The van der Waals surface area contributed by atoms with E-state index in [1.807, 2.05) is 0 Å². The number of carbonyl (C=O) groups is 2. The number of imidazole rings is 1. The van der Waals surface area contributed by atoms with Crippen molar-refractivity contribution in [2.75, 3.05) is 13.7 Å². The van der Waals surface area contributed by atoms with Gasteiger partial charge in [0.2, 0.25) is 0 Å². The maximum atomic E-state index is 14.7. The van der Waals surface area contributed by atoms with Gasteiger partial charge < -0.3 is 14.4 Å². The van der Waals surface area contributed by atoms with Gasteiger partial charge in [-0.05, 0) is 89.3 Å². The molecule has 222 valence electrons. The Kier molecular flexibility index (Phi) is 8.15. The van der Waals surface area contributed by atoms with Crippen LogP contribution >= 0.6 is 27.5 Å². The average Bonchev–Trinajstić information content (AvgIpc) is 3.78. The fourth-order valence-corrected chi connectivity index (χ4v) is 5.67. The highest BCUT2D eigenvalue weighted by Gasteiger charge is 2.32. The quantitative estimate of drug-likeness (QED) is 0.198. The molecule has 1 saturated carbocycles. The zero-order chi connectivity index (χ0) is 30.2. The summed E-state index contributed by atoms with van der Waals surface area (Å²) in [5.41, 5.74) is 1.52. The molecule has 1 aromatic heterocycles. The second-order valence-corrected chi connectivity index (χ2v) is 11.9. The molecule has 11 heteroatoms. The highest BCUT2D eigenvalue weighted by Crippen LogP contribution is 2.29. The van der Waals surface area contributed by atoms with Gasteiger partial charge in [0.05, 0.1) is 36.2 Å². The second-order valence-electron chi connectivity index (χ2n) is 10.6. The summed E-state index contributed by atoms with van der Waals surface area (Å²) in [5, 5.41) is 0.404. The van der Waals surface area contributed by atoms with Gasteiger partial charge >= 0.3 is 5.69 Å². The van der Waals surface area contributed by atoms with Crippen molar-refractivity contribution in [3.05, 3.63) is 109 Å². The maximum absolute atomic E-state index is 14.7. The summed E-state index contributed by atoms with van der Waals surface area (Å²) in [6, 6.07) is 16.5. The largest absolute Gasteiger partial charge is 0.497 e. The third-order valence-electron chi connectivity index (χ3n) is 7.70. The second kappa shape index (κ2) is 12.0. The summed E-state index contributed by atoms with van der Waals surface area (Å²) in [4.78, 5) is 42.7. The molecule has 0 spiro atoms. The molecule has 0 N–H and O–H groups in total. The van der Waals surface area contributed by atoms with Crippen molar-refractivity contribution >= 4 is 39.2 Å². The Morgan fingerprint density at radius 1 is 1.02 bits per heavy atom. The number of hydrogen-bond acceptors (Lipinski definition) is 5. The average molecular weight is 669 g/mol. The van der Waals surface area contributed by atoms with Crippen LogP contribution in [0.5, 0.6) is 11.5 Å². The Balaban J connectivity index is 1.35. The zero-order valence-corrected chi connectivity index (χ0v) is 25.7. The summed E-state index contributed by atoms with van der Waals surface area (Å²) >= 11 is 9.58. The van der Waals surface area contributed by atoms with Crippen LogP contribution in [0.25, 0.3) is 5.69 Å². The van der Waals surface area contributed by atoms with Crippen LogP contribution in [-0.4, -0.2) is 45.5 Å². The third kappa shape index (κ3) is 5.99. The molecule has 0 bridgehead atoms. The standard InChI is InChI=1S/C32H28BrClFN3O5/c1-42-24-7-2-19(27(35)17-24)4-13-29(39)30-28-18-36(31(40)20-3-12-25(33)26(34)16-20)14-15-37(28)32(41)38(30)21-5-8-22(9-6-21)43-23-10-11-23/h2-3,5-9,12,16-17,23H,4,10-11,13-15,18H2,1H3. The number of benzene rings is 3. The summed E-state index contributed by atoms with van der Waals surface area (Å²) in [7, 11) is 1.46. The normalized spacial score (nSPS) is 14.4. The van der Waals surface area contributed by atoms with Gasteiger partial charge in [0, 0.05) is 35.6 Å². The number of aryl methyl sites for hydroxylation is 1. The van der Waals surface area contributed by atoms with Crippen molar-refractivity contribution < 1.29 is 23.5 Å². The first kappa shape index (κ1) is 29.2. The van der Waals surface area contributed by atoms with Crippen LogP contribution in [0.2, 0.25) is 5.02 Å². The number of amides is 1. The Labute approximate surface area is 260 Å². The number of methoxy groups -OCH3 is 1. The first-order chi connectivity index (χ1) is 20.7. The summed E-state index contributed by atoms with van der Waals surface area (Å²) in [6.07, 6.45) is 2.33. The number of carbonyl (C=O) groups excluding carboxylic acids is 2.